The molecule has 0 bridgehead atoms. The van der Waals surface area contributed by atoms with Crippen LogP contribution in [0.5, 0.6) is 0 Å². The van der Waals surface area contributed by atoms with E-state index in [0.717, 1.165) is 4.90 Å². The van der Waals surface area contributed by atoms with Gasteiger partial charge in [0.25, 0.3) is 0 Å². The van der Waals surface area contributed by atoms with Gasteiger partial charge in [-0.25, -0.2) is 0 Å². The van der Waals surface area contributed by atoms with Crippen molar-refractivity contribution in [1.29, 1.82) is 0 Å². The van der Waals surface area contributed by atoms with Gasteiger partial charge in [-0.2, -0.15) is 13.2 Å². The first-order valence-electron chi connectivity index (χ1n) is 4.22. The van der Waals surface area contributed by atoms with Gasteiger partial charge in [0.2, 0.25) is 0 Å². The van der Waals surface area contributed by atoms with Gasteiger partial charge in [0.15, 0.2) is 0 Å². The Kier molecular flexibility index (Phi) is 2.54. The van der Waals surface area contributed by atoms with E-state index in [1.807, 2.05) is 13.8 Å². The van der Waals surface area contributed by atoms with Gasteiger partial charge in [0.1, 0.15) is 0 Å². The monoisotopic (exact) mass is 195 g/mol. The van der Waals surface area contributed by atoms with E-state index >= 15 is 0 Å². The third-order valence-electron chi connectivity index (χ3n) is 2.34. The summed E-state index contributed by atoms with van der Waals surface area (Å²) in [5.74, 6) is -1.60. The summed E-state index contributed by atoms with van der Waals surface area (Å²) in [5, 5.41) is 0. The largest absolute Gasteiger partial charge is 0.471 e. The van der Waals surface area contributed by atoms with E-state index in [4.69, 9.17) is 0 Å². The molecule has 0 N–H and O–H groups in total. The number of hydrogen-bond donors (Lipinski definition) is 0. The van der Waals surface area contributed by atoms with Crippen LogP contribution in [-0.2, 0) is 4.79 Å². The molecule has 0 saturated carbocycles. The fourth-order valence-corrected chi connectivity index (χ4v) is 1.52. The van der Waals surface area contributed by atoms with Crippen LogP contribution in [-0.4, -0.2) is 29.6 Å². The average Bonchev–Trinajstić information content (AvgIpc) is 1.80. The minimum absolute atomic E-state index is 0.0973. The van der Waals surface area contributed by atoms with E-state index in [1.54, 1.807) is 0 Å². The third kappa shape index (κ3) is 1.95. The van der Waals surface area contributed by atoms with Crippen LogP contribution in [0.4, 0.5) is 13.2 Å². The summed E-state index contributed by atoms with van der Waals surface area (Å²) in [6.45, 7) is 3.88. The van der Waals surface area contributed by atoms with Crippen molar-refractivity contribution in [3.63, 3.8) is 0 Å². The van der Waals surface area contributed by atoms with E-state index in [2.05, 4.69) is 0 Å². The van der Waals surface area contributed by atoms with Crippen LogP contribution in [0.25, 0.3) is 0 Å². The first-order valence-corrected chi connectivity index (χ1v) is 4.22. The lowest BCUT2D eigenvalue weighted by Crippen LogP contribution is -2.57. The van der Waals surface area contributed by atoms with Crippen molar-refractivity contribution < 1.29 is 18.0 Å². The number of carbonyl (C=O) groups is 1. The van der Waals surface area contributed by atoms with Crippen molar-refractivity contribution in [3.8, 4) is 0 Å². The van der Waals surface area contributed by atoms with Crippen molar-refractivity contribution in [3.05, 3.63) is 0 Å². The van der Waals surface area contributed by atoms with E-state index in [1.165, 1.54) is 0 Å². The zero-order valence-corrected chi connectivity index (χ0v) is 7.56. The first-order chi connectivity index (χ1) is 5.84. The van der Waals surface area contributed by atoms with Crippen LogP contribution >= 0.6 is 0 Å². The number of amides is 1. The Balaban J connectivity index is 2.60. The maximum Gasteiger partial charge on any atom is 0.471 e. The molecule has 1 aliphatic heterocycles. The smallest absolute Gasteiger partial charge is 0.332 e. The Labute approximate surface area is 74.7 Å². The lowest BCUT2D eigenvalue weighted by molar-refractivity contribution is -0.194. The second kappa shape index (κ2) is 3.20. The summed E-state index contributed by atoms with van der Waals surface area (Å²) >= 11 is 0. The van der Waals surface area contributed by atoms with E-state index in [-0.39, 0.29) is 18.5 Å². The van der Waals surface area contributed by atoms with Crippen molar-refractivity contribution in [1.82, 2.24) is 4.90 Å². The topological polar surface area (TPSA) is 20.3 Å². The van der Waals surface area contributed by atoms with Gasteiger partial charge in [0, 0.05) is 12.6 Å². The van der Waals surface area contributed by atoms with Crippen LogP contribution < -0.4 is 0 Å². The molecule has 0 unspecified atom stereocenters. The van der Waals surface area contributed by atoms with E-state index in [0.29, 0.717) is 6.42 Å². The standard InChI is InChI=1S/C8H12F3NO/c1-5(2)6-3-4-12(6)7(13)8(9,10)11/h5-6H,3-4H2,1-2H3/t6-/m1/s1. The van der Waals surface area contributed by atoms with Gasteiger partial charge in [-0.15, -0.1) is 0 Å². The molecule has 1 aliphatic rings. The quantitative estimate of drug-likeness (QED) is 0.624. The van der Waals surface area contributed by atoms with Crippen LogP contribution in [0.15, 0.2) is 0 Å². The van der Waals surface area contributed by atoms with Crippen LogP contribution in [0, 0.1) is 5.92 Å². The minimum Gasteiger partial charge on any atom is -0.332 e. The van der Waals surface area contributed by atoms with E-state index < -0.39 is 12.1 Å². The molecule has 1 rings (SSSR count). The number of halogens is 3. The molecule has 1 heterocycles. The van der Waals surface area contributed by atoms with Crippen LogP contribution in [0.1, 0.15) is 20.3 Å². The highest BCUT2D eigenvalue weighted by molar-refractivity contribution is 5.82. The van der Waals surface area contributed by atoms with Crippen molar-refractivity contribution in [2.45, 2.75) is 32.5 Å². The van der Waals surface area contributed by atoms with Gasteiger partial charge in [-0.1, -0.05) is 13.8 Å². The molecule has 2 nitrogen and oxygen atoms in total. The molecular formula is C8H12F3NO. The number of nitrogens with zero attached hydrogens (tertiary/aromatic N) is 1. The Morgan fingerprint density at radius 3 is 2.23 bits per heavy atom. The number of hydrogen-bond acceptors (Lipinski definition) is 1. The molecule has 0 radical (unpaired) electrons. The zero-order chi connectivity index (χ0) is 10.2. The Bertz CT molecular complexity index is 212. The zero-order valence-electron chi connectivity index (χ0n) is 7.56. The van der Waals surface area contributed by atoms with Crippen LogP contribution in [0.3, 0.4) is 0 Å². The third-order valence-corrected chi connectivity index (χ3v) is 2.34. The summed E-state index contributed by atoms with van der Waals surface area (Å²) in [6.07, 6.45) is -4.03. The highest BCUT2D eigenvalue weighted by Gasteiger charge is 2.48. The summed E-state index contributed by atoms with van der Waals surface area (Å²) in [7, 11) is 0. The van der Waals surface area contributed by atoms with Crippen LogP contribution in [0.2, 0.25) is 0 Å². The molecule has 0 aromatic heterocycles. The fraction of sp³-hybridized carbons (Fsp3) is 0.875. The van der Waals surface area contributed by atoms with E-state index in [9.17, 15) is 18.0 Å². The molecule has 0 spiro atoms. The number of carbonyl (C=O) groups excluding carboxylic acids is 1. The Morgan fingerprint density at radius 1 is 1.46 bits per heavy atom. The maximum absolute atomic E-state index is 12.0. The van der Waals surface area contributed by atoms with Crippen molar-refractivity contribution >= 4 is 5.91 Å². The normalized spacial score (nSPS) is 23.2. The molecule has 76 valence electrons. The van der Waals surface area contributed by atoms with Crippen molar-refractivity contribution in [2.24, 2.45) is 5.92 Å². The van der Waals surface area contributed by atoms with Gasteiger partial charge in [-0.05, 0) is 12.3 Å². The molecule has 1 amide bonds. The predicted octanol–water partition coefficient (Wildman–Crippen LogP) is 1.81. The second-order valence-electron chi connectivity index (χ2n) is 3.60. The Hall–Kier alpha value is -0.740. The highest BCUT2D eigenvalue weighted by Crippen LogP contribution is 2.29. The Morgan fingerprint density at radius 2 is 2.00 bits per heavy atom. The molecule has 1 fully saturated rings. The number of alkyl halides is 3. The maximum atomic E-state index is 12.0. The minimum atomic E-state index is -4.71. The highest BCUT2D eigenvalue weighted by atomic mass is 19.4. The molecule has 5 heteroatoms. The van der Waals surface area contributed by atoms with Gasteiger partial charge in [-0.3, -0.25) is 4.79 Å². The molecule has 1 saturated heterocycles. The lowest BCUT2D eigenvalue weighted by Gasteiger charge is -2.43. The first kappa shape index (κ1) is 10.3. The molecule has 1 atom stereocenters. The average molecular weight is 195 g/mol. The lowest BCUT2D eigenvalue weighted by atomic mass is 9.92. The predicted molar refractivity (Wildman–Crippen MR) is 41.0 cm³/mol. The fourth-order valence-electron chi connectivity index (χ4n) is 1.52. The number of rotatable bonds is 1. The molecule has 0 aromatic rings. The second-order valence-corrected chi connectivity index (χ2v) is 3.60. The summed E-state index contributed by atoms with van der Waals surface area (Å²) in [6, 6.07) is -0.228. The van der Waals surface area contributed by atoms with Gasteiger partial charge < -0.3 is 4.90 Å². The van der Waals surface area contributed by atoms with Gasteiger partial charge in [0.05, 0.1) is 0 Å². The summed E-state index contributed by atoms with van der Waals surface area (Å²) in [4.78, 5) is 11.7. The SMILES string of the molecule is CC(C)[C@H]1CCN1C(=O)C(F)(F)F. The molecule has 0 aromatic carbocycles. The summed E-state index contributed by atoms with van der Waals surface area (Å²) < 4.78 is 35.9. The molecular weight excluding hydrogens is 183 g/mol. The molecule has 13 heavy (non-hydrogen) atoms. The van der Waals surface area contributed by atoms with Crippen molar-refractivity contribution in [2.75, 3.05) is 6.54 Å². The molecule has 0 aliphatic carbocycles. The summed E-state index contributed by atoms with van der Waals surface area (Å²) in [5.41, 5.74) is 0. The number of likely N-dealkylation sites (tertiary alicyclic amines) is 1. The van der Waals surface area contributed by atoms with Gasteiger partial charge >= 0.3 is 12.1 Å².